The fourth-order valence-electron chi connectivity index (χ4n) is 2.58. The van der Waals surface area contributed by atoms with E-state index in [4.69, 9.17) is 5.73 Å². The number of hydrogen-bond donors (Lipinski definition) is 2. The van der Waals surface area contributed by atoms with E-state index in [9.17, 15) is 13.2 Å². The lowest BCUT2D eigenvalue weighted by Gasteiger charge is -2.29. The highest BCUT2D eigenvalue weighted by atomic mass is 32.2. The van der Waals surface area contributed by atoms with Gasteiger partial charge in [-0.15, -0.1) is 0 Å². The van der Waals surface area contributed by atoms with Crippen molar-refractivity contribution >= 4 is 15.7 Å². The number of nitrogens with one attached hydrogen (secondary N) is 1. The SMILES string of the molecule is CCS(=O)(=O)CCNC(=O)C1(CN)CCCCCC1. The molecule has 0 aromatic rings. The van der Waals surface area contributed by atoms with Crippen LogP contribution in [0.15, 0.2) is 0 Å². The molecule has 0 heterocycles. The van der Waals surface area contributed by atoms with Gasteiger partial charge in [0.25, 0.3) is 0 Å². The van der Waals surface area contributed by atoms with Gasteiger partial charge in [0.1, 0.15) is 0 Å². The summed E-state index contributed by atoms with van der Waals surface area (Å²) in [6.07, 6.45) is 5.99. The molecular formula is C13H26N2O3S. The highest BCUT2D eigenvalue weighted by Crippen LogP contribution is 2.34. The summed E-state index contributed by atoms with van der Waals surface area (Å²) in [5.41, 5.74) is 5.33. The molecule has 112 valence electrons. The standard InChI is InChI=1S/C13H26N2O3S/c1-2-19(17,18)10-9-15-12(16)13(11-14)7-5-3-4-6-8-13/h2-11,14H2,1H3,(H,15,16). The van der Waals surface area contributed by atoms with Crippen LogP contribution in [0, 0.1) is 5.41 Å². The van der Waals surface area contributed by atoms with Crippen molar-refractivity contribution in [2.75, 3.05) is 24.6 Å². The molecule has 0 spiro atoms. The van der Waals surface area contributed by atoms with Crippen LogP contribution >= 0.6 is 0 Å². The van der Waals surface area contributed by atoms with Crippen LogP contribution in [0.5, 0.6) is 0 Å². The quantitative estimate of drug-likeness (QED) is 0.709. The third kappa shape index (κ3) is 4.76. The second-order valence-corrected chi connectivity index (χ2v) is 7.86. The largest absolute Gasteiger partial charge is 0.355 e. The average Bonchev–Trinajstić information content (AvgIpc) is 2.64. The molecule has 1 aliphatic carbocycles. The Morgan fingerprint density at radius 1 is 1.21 bits per heavy atom. The average molecular weight is 290 g/mol. The van der Waals surface area contributed by atoms with Crippen LogP contribution in [0.4, 0.5) is 0 Å². The fraction of sp³-hybridized carbons (Fsp3) is 0.923. The van der Waals surface area contributed by atoms with Gasteiger partial charge in [0.15, 0.2) is 9.84 Å². The van der Waals surface area contributed by atoms with Gasteiger partial charge in [0.05, 0.1) is 11.2 Å². The van der Waals surface area contributed by atoms with Gasteiger partial charge in [-0.3, -0.25) is 4.79 Å². The van der Waals surface area contributed by atoms with Crippen molar-refractivity contribution in [1.82, 2.24) is 5.32 Å². The second-order valence-electron chi connectivity index (χ2n) is 5.39. The topological polar surface area (TPSA) is 89.3 Å². The Morgan fingerprint density at radius 2 is 1.79 bits per heavy atom. The van der Waals surface area contributed by atoms with Gasteiger partial charge < -0.3 is 11.1 Å². The molecule has 0 aromatic carbocycles. The van der Waals surface area contributed by atoms with Crippen LogP contribution in [0.1, 0.15) is 45.4 Å². The smallest absolute Gasteiger partial charge is 0.227 e. The van der Waals surface area contributed by atoms with E-state index in [0.29, 0.717) is 6.54 Å². The summed E-state index contributed by atoms with van der Waals surface area (Å²) in [6.45, 7) is 2.15. The van der Waals surface area contributed by atoms with Gasteiger partial charge in [0.2, 0.25) is 5.91 Å². The first-order valence-electron chi connectivity index (χ1n) is 7.14. The third-order valence-corrected chi connectivity index (χ3v) is 5.78. The second kappa shape index (κ2) is 7.24. The number of hydrogen-bond acceptors (Lipinski definition) is 4. The molecule has 1 saturated carbocycles. The zero-order valence-corrected chi connectivity index (χ0v) is 12.6. The van der Waals surface area contributed by atoms with Crippen molar-refractivity contribution in [3.63, 3.8) is 0 Å². The van der Waals surface area contributed by atoms with Crippen LogP contribution < -0.4 is 11.1 Å². The van der Waals surface area contributed by atoms with Crippen molar-refractivity contribution in [3.05, 3.63) is 0 Å². The van der Waals surface area contributed by atoms with Gasteiger partial charge in [-0.2, -0.15) is 0 Å². The molecule has 1 amide bonds. The predicted molar refractivity (Wildman–Crippen MR) is 76.5 cm³/mol. The van der Waals surface area contributed by atoms with E-state index in [2.05, 4.69) is 5.32 Å². The summed E-state index contributed by atoms with van der Waals surface area (Å²) in [4.78, 5) is 12.3. The van der Waals surface area contributed by atoms with Gasteiger partial charge >= 0.3 is 0 Å². The van der Waals surface area contributed by atoms with E-state index < -0.39 is 15.3 Å². The maximum absolute atomic E-state index is 12.3. The van der Waals surface area contributed by atoms with Crippen LogP contribution in [0.2, 0.25) is 0 Å². The van der Waals surface area contributed by atoms with Gasteiger partial charge in [-0.05, 0) is 12.8 Å². The predicted octanol–water partition coefficient (Wildman–Crippen LogP) is 0.837. The minimum atomic E-state index is -3.03. The summed E-state index contributed by atoms with van der Waals surface area (Å²) < 4.78 is 22.8. The molecule has 0 aromatic heterocycles. The lowest BCUT2D eigenvalue weighted by atomic mass is 9.79. The molecule has 0 saturated heterocycles. The van der Waals surface area contributed by atoms with E-state index in [1.807, 2.05) is 0 Å². The number of nitrogens with two attached hydrogens (primary N) is 1. The van der Waals surface area contributed by atoms with Crippen LogP contribution in [-0.2, 0) is 14.6 Å². The number of carbonyl (C=O) groups excluding carboxylic acids is 1. The molecular weight excluding hydrogens is 264 g/mol. The number of rotatable bonds is 6. The van der Waals surface area contributed by atoms with E-state index >= 15 is 0 Å². The molecule has 1 fully saturated rings. The molecule has 5 nitrogen and oxygen atoms in total. The van der Waals surface area contributed by atoms with Crippen molar-refractivity contribution in [3.8, 4) is 0 Å². The maximum atomic E-state index is 12.3. The lowest BCUT2D eigenvalue weighted by Crippen LogP contribution is -2.46. The zero-order chi connectivity index (χ0) is 14.4. The molecule has 1 rings (SSSR count). The Balaban J connectivity index is 2.54. The molecule has 0 aliphatic heterocycles. The van der Waals surface area contributed by atoms with Gasteiger partial charge in [0, 0.05) is 18.8 Å². The minimum absolute atomic E-state index is 0.00981. The van der Waals surface area contributed by atoms with Crippen LogP contribution in [0.25, 0.3) is 0 Å². The highest BCUT2D eigenvalue weighted by molar-refractivity contribution is 7.91. The molecule has 0 radical (unpaired) electrons. The molecule has 0 unspecified atom stereocenters. The van der Waals surface area contributed by atoms with E-state index in [1.165, 1.54) is 0 Å². The number of carbonyl (C=O) groups is 1. The van der Waals surface area contributed by atoms with Crippen molar-refractivity contribution in [2.45, 2.75) is 45.4 Å². The van der Waals surface area contributed by atoms with Gasteiger partial charge in [-0.1, -0.05) is 32.6 Å². The summed E-state index contributed by atoms with van der Waals surface area (Å²) in [7, 11) is -3.03. The Labute approximate surface area is 116 Å². The first-order chi connectivity index (χ1) is 8.96. The Morgan fingerprint density at radius 3 is 2.26 bits per heavy atom. The molecule has 0 atom stereocenters. The van der Waals surface area contributed by atoms with Gasteiger partial charge in [-0.25, -0.2) is 8.42 Å². The maximum Gasteiger partial charge on any atom is 0.227 e. The molecule has 6 heteroatoms. The first-order valence-corrected chi connectivity index (χ1v) is 8.97. The van der Waals surface area contributed by atoms with E-state index in [0.717, 1.165) is 38.5 Å². The Hall–Kier alpha value is -0.620. The highest BCUT2D eigenvalue weighted by Gasteiger charge is 2.36. The van der Waals surface area contributed by atoms with Crippen molar-refractivity contribution in [2.24, 2.45) is 11.1 Å². The molecule has 19 heavy (non-hydrogen) atoms. The summed E-state index contributed by atoms with van der Waals surface area (Å²) >= 11 is 0. The summed E-state index contributed by atoms with van der Waals surface area (Å²) in [5, 5.41) is 2.76. The monoisotopic (exact) mass is 290 g/mol. The minimum Gasteiger partial charge on any atom is -0.355 e. The van der Waals surface area contributed by atoms with E-state index in [-0.39, 0.29) is 24.0 Å². The van der Waals surface area contributed by atoms with E-state index in [1.54, 1.807) is 6.92 Å². The van der Waals surface area contributed by atoms with Crippen LogP contribution in [-0.4, -0.2) is 38.9 Å². The van der Waals surface area contributed by atoms with Crippen molar-refractivity contribution in [1.29, 1.82) is 0 Å². The first kappa shape index (κ1) is 16.4. The summed E-state index contributed by atoms with van der Waals surface area (Å²) in [6, 6.07) is 0. The molecule has 1 aliphatic rings. The lowest BCUT2D eigenvalue weighted by molar-refractivity contribution is -0.131. The Kier molecular flexibility index (Phi) is 6.26. The zero-order valence-electron chi connectivity index (χ0n) is 11.8. The Bertz CT molecular complexity index is 385. The number of sulfone groups is 1. The summed E-state index contributed by atoms with van der Waals surface area (Å²) in [5.74, 6) is 0.0593. The third-order valence-electron chi connectivity index (χ3n) is 4.07. The van der Waals surface area contributed by atoms with Crippen LogP contribution in [0.3, 0.4) is 0 Å². The molecule has 3 N–H and O–H groups in total. The normalized spacial score (nSPS) is 19.7. The van der Waals surface area contributed by atoms with Crippen molar-refractivity contribution < 1.29 is 13.2 Å². The fourth-order valence-corrected chi connectivity index (χ4v) is 3.28. The molecule has 0 bridgehead atoms. The number of amides is 1.